The van der Waals surface area contributed by atoms with E-state index in [1.165, 1.54) is 29.2 Å². The SMILES string of the molecule is O=C(c1ccc(F)c(F)c1)N1CCc2cc(F)ccc21. The molecule has 0 bridgehead atoms. The van der Waals surface area contributed by atoms with Crippen molar-refractivity contribution in [1.82, 2.24) is 0 Å². The van der Waals surface area contributed by atoms with Gasteiger partial charge in [0.25, 0.3) is 5.91 Å². The Hall–Kier alpha value is -2.30. The fourth-order valence-electron chi connectivity index (χ4n) is 2.37. The molecule has 3 rings (SSSR count). The van der Waals surface area contributed by atoms with Crippen molar-refractivity contribution in [1.29, 1.82) is 0 Å². The van der Waals surface area contributed by atoms with E-state index >= 15 is 0 Å². The number of hydrogen-bond acceptors (Lipinski definition) is 1. The summed E-state index contributed by atoms with van der Waals surface area (Å²) in [5.74, 6) is -2.83. The van der Waals surface area contributed by atoms with E-state index in [9.17, 15) is 18.0 Å². The van der Waals surface area contributed by atoms with Crippen molar-refractivity contribution in [2.24, 2.45) is 0 Å². The minimum atomic E-state index is -1.06. The number of rotatable bonds is 1. The molecule has 2 aromatic rings. The van der Waals surface area contributed by atoms with Crippen LogP contribution < -0.4 is 4.90 Å². The molecule has 1 amide bonds. The number of halogens is 3. The van der Waals surface area contributed by atoms with E-state index in [1.807, 2.05) is 0 Å². The number of hydrogen-bond donors (Lipinski definition) is 0. The fourth-order valence-corrected chi connectivity index (χ4v) is 2.37. The molecule has 0 aliphatic carbocycles. The fraction of sp³-hybridized carbons (Fsp3) is 0.133. The van der Waals surface area contributed by atoms with Crippen LogP contribution in [0, 0.1) is 17.5 Å². The Bertz CT molecular complexity index is 700. The van der Waals surface area contributed by atoms with Crippen LogP contribution in [0.2, 0.25) is 0 Å². The lowest BCUT2D eigenvalue weighted by atomic mass is 10.1. The van der Waals surface area contributed by atoms with Crippen LogP contribution in [-0.2, 0) is 6.42 Å². The molecule has 0 fully saturated rings. The number of nitrogens with zero attached hydrogens (tertiary/aromatic N) is 1. The van der Waals surface area contributed by atoms with Gasteiger partial charge in [-0.1, -0.05) is 0 Å². The normalized spacial score (nSPS) is 13.4. The number of benzene rings is 2. The molecule has 0 radical (unpaired) electrons. The number of carbonyl (C=O) groups excluding carboxylic acids is 1. The number of anilines is 1. The summed E-state index contributed by atoms with van der Waals surface area (Å²) in [6.07, 6.45) is 0.544. The van der Waals surface area contributed by atoms with Gasteiger partial charge in [-0.15, -0.1) is 0 Å². The highest BCUT2D eigenvalue weighted by Gasteiger charge is 2.26. The molecule has 102 valence electrons. The van der Waals surface area contributed by atoms with Gasteiger partial charge in [0, 0.05) is 17.8 Å². The molecule has 5 heteroatoms. The molecule has 0 N–H and O–H groups in total. The van der Waals surface area contributed by atoms with Crippen LogP contribution in [0.3, 0.4) is 0 Å². The van der Waals surface area contributed by atoms with Gasteiger partial charge in [0.2, 0.25) is 0 Å². The summed E-state index contributed by atoms with van der Waals surface area (Å²) in [5.41, 5.74) is 1.42. The zero-order valence-electron chi connectivity index (χ0n) is 10.4. The number of carbonyl (C=O) groups is 1. The van der Waals surface area contributed by atoms with Crippen molar-refractivity contribution in [3.05, 3.63) is 65.0 Å². The first kappa shape index (κ1) is 12.7. The Morgan fingerprint density at radius 3 is 2.55 bits per heavy atom. The van der Waals surface area contributed by atoms with E-state index in [0.29, 0.717) is 18.7 Å². The maximum atomic E-state index is 13.2. The van der Waals surface area contributed by atoms with E-state index in [2.05, 4.69) is 0 Å². The minimum absolute atomic E-state index is 0.0704. The van der Waals surface area contributed by atoms with Crippen molar-refractivity contribution < 1.29 is 18.0 Å². The second-order valence-electron chi connectivity index (χ2n) is 4.61. The molecule has 0 unspecified atom stereocenters. The van der Waals surface area contributed by atoms with Crippen molar-refractivity contribution in [3.8, 4) is 0 Å². The van der Waals surface area contributed by atoms with Gasteiger partial charge in [0.1, 0.15) is 5.82 Å². The van der Waals surface area contributed by atoms with Gasteiger partial charge in [0.15, 0.2) is 11.6 Å². The molecule has 1 heterocycles. The quantitative estimate of drug-likeness (QED) is 0.783. The van der Waals surface area contributed by atoms with Gasteiger partial charge in [-0.2, -0.15) is 0 Å². The third kappa shape index (κ3) is 2.05. The Labute approximate surface area is 113 Å². The van der Waals surface area contributed by atoms with Crippen LogP contribution in [0.25, 0.3) is 0 Å². The molecule has 2 nitrogen and oxygen atoms in total. The molecular formula is C15H10F3NO. The number of amides is 1. The molecule has 1 aliphatic rings. The Balaban J connectivity index is 1.95. The summed E-state index contributed by atoms with van der Waals surface area (Å²) in [6, 6.07) is 7.21. The zero-order chi connectivity index (χ0) is 14.3. The summed E-state index contributed by atoms with van der Waals surface area (Å²) in [5, 5.41) is 0. The highest BCUT2D eigenvalue weighted by molar-refractivity contribution is 6.07. The summed E-state index contributed by atoms with van der Waals surface area (Å²) in [6.45, 7) is 0.399. The maximum Gasteiger partial charge on any atom is 0.258 e. The van der Waals surface area contributed by atoms with E-state index in [-0.39, 0.29) is 11.4 Å². The topological polar surface area (TPSA) is 20.3 Å². The van der Waals surface area contributed by atoms with Gasteiger partial charge in [-0.3, -0.25) is 4.79 Å². The third-order valence-electron chi connectivity index (χ3n) is 3.35. The van der Waals surface area contributed by atoms with Gasteiger partial charge >= 0.3 is 0 Å². The van der Waals surface area contributed by atoms with Crippen LogP contribution in [0.1, 0.15) is 15.9 Å². The van der Waals surface area contributed by atoms with E-state index in [0.717, 1.165) is 17.7 Å². The maximum absolute atomic E-state index is 13.2. The van der Waals surface area contributed by atoms with Crippen molar-refractivity contribution >= 4 is 11.6 Å². The molecule has 0 saturated carbocycles. The highest BCUT2D eigenvalue weighted by Crippen LogP contribution is 2.30. The predicted octanol–water partition coefficient (Wildman–Crippen LogP) is 3.31. The monoisotopic (exact) mass is 277 g/mol. The molecule has 0 saturated heterocycles. The summed E-state index contributed by atoms with van der Waals surface area (Å²) in [7, 11) is 0. The first-order chi connectivity index (χ1) is 9.56. The van der Waals surface area contributed by atoms with Crippen molar-refractivity contribution in [3.63, 3.8) is 0 Å². The molecule has 0 atom stereocenters. The molecule has 20 heavy (non-hydrogen) atoms. The van der Waals surface area contributed by atoms with Crippen LogP contribution in [-0.4, -0.2) is 12.5 Å². The van der Waals surface area contributed by atoms with Crippen LogP contribution in [0.15, 0.2) is 36.4 Å². The Morgan fingerprint density at radius 1 is 1.00 bits per heavy atom. The lowest BCUT2D eigenvalue weighted by molar-refractivity contribution is 0.0989. The van der Waals surface area contributed by atoms with E-state index < -0.39 is 17.5 Å². The minimum Gasteiger partial charge on any atom is -0.308 e. The summed E-state index contributed by atoms with van der Waals surface area (Å²) < 4.78 is 39.2. The summed E-state index contributed by atoms with van der Waals surface area (Å²) in [4.78, 5) is 13.7. The second-order valence-corrected chi connectivity index (χ2v) is 4.61. The molecular weight excluding hydrogens is 267 g/mol. The Morgan fingerprint density at radius 2 is 1.80 bits per heavy atom. The number of fused-ring (bicyclic) bond motifs is 1. The lowest BCUT2D eigenvalue weighted by Crippen LogP contribution is -2.29. The van der Waals surface area contributed by atoms with Crippen molar-refractivity contribution in [2.75, 3.05) is 11.4 Å². The average Bonchev–Trinajstić information content (AvgIpc) is 2.84. The lowest BCUT2D eigenvalue weighted by Gasteiger charge is -2.17. The van der Waals surface area contributed by atoms with Gasteiger partial charge < -0.3 is 4.90 Å². The summed E-state index contributed by atoms with van der Waals surface area (Å²) >= 11 is 0. The van der Waals surface area contributed by atoms with Crippen LogP contribution in [0.5, 0.6) is 0 Å². The highest BCUT2D eigenvalue weighted by atomic mass is 19.2. The first-order valence-corrected chi connectivity index (χ1v) is 6.11. The standard InChI is InChI=1S/C15H10F3NO/c16-11-2-4-14-9(7-11)5-6-19(14)15(20)10-1-3-12(17)13(18)8-10/h1-4,7-8H,5-6H2. The van der Waals surface area contributed by atoms with Gasteiger partial charge in [-0.25, -0.2) is 13.2 Å². The average molecular weight is 277 g/mol. The largest absolute Gasteiger partial charge is 0.308 e. The Kier molecular flexibility index (Phi) is 2.97. The molecule has 0 spiro atoms. The smallest absolute Gasteiger partial charge is 0.258 e. The van der Waals surface area contributed by atoms with E-state index in [1.54, 1.807) is 0 Å². The van der Waals surface area contributed by atoms with E-state index in [4.69, 9.17) is 0 Å². The molecule has 1 aliphatic heterocycles. The van der Waals surface area contributed by atoms with Crippen molar-refractivity contribution in [2.45, 2.75) is 6.42 Å². The van der Waals surface area contributed by atoms with Gasteiger partial charge in [-0.05, 0) is 48.4 Å². The van der Waals surface area contributed by atoms with Gasteiger partial charge in [0.05, 0.1) is 0 Å². The molecule has 0 aromatic heterocycles. The van der Waals surface area contributed by atoms with Crippen LogP contribution in [0.4, 0.5) is 18.9 Å². The van der Waals surface area contributed by atoms with Crippen LogP contribution >= 0.6 is 0 Å². The second kappa shape index (κ2) is 4.67. The third-order valence-corrected chi connectivity index (χ3v) is 3.35. The molecule has 2 aromatic carbocycles. The first-order valence-electron chi connectivity index (χ1n) is 6.11. The zero-order valence-corrected chi connectivity index (χ0v) is 10.4. The predicted molar refractivity (Wildman–Crippen MR) is 68.1 cm³/mol.